The summed E-state index contributed by atoms with van der Waals surface area (Å²) in [6.45, 7) is 0.310. The molecule has 1 amide bonds. The maximum atomic E-state index is 12.4. The molecule has 0 saturated heterocycles. The zero-order chi connectivity index (χ0) is 19.4. The number of rotatable bonds is 5. The normalized spacial score (nSPS) is 11.3. The molecular formula is C19H15F3N2O3. The third kappa shape index (κ3) is 4.87. The minimum Gasteiger partial charge on any atom is -0.467 e. The van der Waals surface area contributed by atoms with Crippen molar-refractivity contribution in [3.63, 3.8) is 0 Å². The molecule has 8 heteroatoms. The van der Waals surface area contributed by atoms with E-state index in [1.807, 2.05) is 0 Å². The van der Waals surface area contributed by atoms with Crippen molar-refractivity contribution in [2.24, 2.45) is 0 Å². The van der Waals surface area contributed by atoms with Gasteiger partial charge in [0.25, 0.3) is 5.91 Å². The molecule has 5 nitrogen and oxygen atoms in total. The fourth-order valence-corrected chi connectivity index (χ4v) is 2.47. The van der Waals surface area contributed by atoms with Crippen LogP contribution in [0.1, 0.15) is 16.1 Å². The van der Waals surface area contributed by atoms with E-state index in [0.29, 0.717) is 29.1 Å². The zero-order valence-corrected chi connectivity index (χ0v) is 14.2. The van der Waals surface area contributed by atoms with Gasteiger partial charge in [-0.25, -0.2) is 0 Å². The number of benzene rings is 1. The number of hydrogen-bond donors (Lipinski definition) is 0. The first-order chi connectivity index (χ1) is 12.8. The van der Waals surface area contributed by atoms with Crippen LogP contribution in [-0.4, -0.2) is 29.2 Å². The zero-order valence-electron chi connectivity index (χ0n) is 14.2. The van der Waals surface area contributed by atoms with E-state index >= 15 is 0 Å². The number of carbonyl (C=O) groups excluding carboxylic acids is 1. The Morgan fingerprint density at radius 1 is 1.19 bits per heavy atom. The molecule has 0 saturated carbocycles. The number of aromatic nitrogens is 1. The van der Waals surface area contributed by atoms with Crippen LogP contribution in [-0.2, 0) is 6.54 Å². The Balaban J connectivity index is 1.73. The van der Waals surface area contributed by atoms with Crippen molar-refractivity contribution in [3.05, 3.63) is 72.3 Å². The number of carbonyl (C=O) groups is 1. The largest absolute Gasteiger partial charge is 0.573 e. The van der Waals surface area contributed by atoms with E-state index < -0.39 is 6.36 Å². The Hall–Kier alpha value is -3.29. The van der Waals surface area contributed by atoms with Crippen LogP contribution >= 0.6 is 0 Å². The van der Waals surface area contributed by atoms with Crippen LogP contribution in [0, 0.1) is 0 Å². The van der Waals surface area contributed by atoms with Gasteiger partial charge in [-0.15, -0.1) is 13.2 Å². The fraction of sp³-hybridized carbons (Fsp3) is 0.158. The summed E-state index contributed by atoms with van der Waals surface area (Å²) in [5.41, 5.74) is 1.23. The Labute approximate surface area is 153 Å². The molecule has 0 bridgehead atoms. The van der Waals surface area contributed by atoms with Crippen molar-refractivity contribution in [2.75, 3.05) is 7.05 Å². The predicted molar refractivity (Wildman–Crippen MR) is 90.9 cm³/mol. The summed E-state index contributed by atoms with van der Waals surface area (Å²) < 4.78 is 46.1. The van der Waals surface area contributed by atoms with E-state index in [0.717, 1.165) is 0 Å². The molecule has 2 heterocycles. The van der Waals surface area contributed by atoms with Gasteiger partial charge < -0.3 is 14.1 Å². The molecule has 0 N–H and O–H groups in total. The highest BCUT2D eigenvalue weighted by Crippen LogP contribution is 2.27. The fourth-order valence-electron chi connectivity index (χ4n) is 2.47. The van der Waals surface area contributed by atoms with E-state index in [1.54, 1.807) is 37.4 Å². The number of hydrogen-bond acceptors (Lipinski definition) is 4. The third-order valence-corrected chi connectivity index (χ3v) is 3.69. The van der Waals surface area contributed by atoms with Crippen molar-refractivity contribution in [2.45, 2.75) is 12.9 Å². The average molecular weight is 376 g/mol. The minimum absolute atomic E-state index is 0.250. The monoisotopic (exact) mass is 376 g/mol. The molecule has 0 aliphatic carbocycles. The predicted octanol–water partition coefficient (Wildman–Crippen LogP) is 4.51. The van der Waals surface area contributed by atoms with E-state index in [9.17, 15) is 18.0 Å². The molecule has 140 valence electrons. The second kappa shape index (κ2) is 7.53. The second-order valence-corrected chi connectivity index (χ2v) is 5.75. The molecular weight excluding hydrogens is 361 g/mol. The summed E-state index contributed by atoms with van der Waals surface area (Å²) in [7, 11) is 1.64. The number of nitrogens with zero attached hydrogens (tertiary/aromatic N) is 2. The summed E-state index contributed by atoms with van der Waals surface area (Å²) >= 11 is 0. The van der Waals surface area contributed by atoms with Crippen LogP contribution in [0.3, 0.4) is 0 Å². The summed E-state index contributed by atoms with van der Waals surface area (Å²) in [6, 6.07) is 12.1. The quantitative estimate of drug-likeness (QED) is 0.657. The van der Waals surface area contributed by atoms with E-state index in [4.69, 9.17) is 4.42 Å². The molecule has 2 aromatic heterocycles. The molecule has 27 heavy (non-hydrogen) atoms. The van der Waals surface area contributed by atoms with Gasteiger partial charge in [-0.2, -0.15) is 0 Å². The van der Waals surface area contributed by atoms with Gasteiger partial charge in [-0.1, -0.05) is 12.1 Å². The summed E-state index contributed by atoms with van der Waals surface area (Å²) in [5.74, 6) is 0.0663. The highest BCUT2D eigenvalue weighted by atomic mass is 19.4. The van der Waals surface area contributed by atoms with Gasteiger partial charge in [0.1, 0.15) is 11.5 Å². The molecule has 0 radical (unpaired) electrons. The first-order valence-corrected chi connectivity index (χ1v) is 7.92. The second-order valence-electron chi connectivity index (χ2n) is 5.75. The van der Waals surface area contributed by atoms with Gasteiger partial charge in [0.2, 0.25) is 0 Å². The van der Waals surface area contributed by atoms with Crippen LogP contribution in [0.4, 0.5) is 13.2 Å². The van der Waals surface area contributed by atoms with E-state index in [2.05, 4.69) is 9.72 Å². The van der Waals surface area contributed by atoms with Crippen molar-refractivity contribution < 1.29 is 27.1 Å². The lowest BCUT2D eigenvalue weighted by Gasteiger charge is -2.15. The highest BCUT2D eigenvalue weighted by Gasteiger charge is 2.31. The topological polar surface area (TPSA) is 55.6 Å². The van der Waals surface area contributed by atoms with Gasteiger partial charge in [0.05, 0.1) is 24.1 Å². The molecule has 0 aliphatic heterocycles. The maximum Gasteiger partial charge on any atom is 0.573 e. The van der Waals surface area contributed by atoms with Gasteiger partial charge in [0, 0.05) is 18.8 Å². The molecule has 0 fully saturated rings. The molecule has 3 aromatic rings. The van der Waals surface area contributed by atoms with Gasteiger partial charge in [-0.05, 0) is 36.4 Å². The van der Waals surface area contributed by atoms with Crippen LogP contribution in [0.15, 0.2) is 65.4 Å². The Kier molecular flexibility index (Phi) is 5.16. The smallest absolute Gasteiger partial charge is 0.467 e. The van der Waals surface area contributed by atoms with Gasteiger partial charge in [-0.3, -0.25) is 9.78 Å². The number of ether oxygens (including phenoxy) is 1. The number of amides is 1. The van der Waals surface area contributed by atoms with E-state index in [-0.39, 0.29) is 11.7 Å². The van der Waals surface area contributed by atoms with Crippen LogP contribution in [0.25, 0.3) is 11.3 Å². The lowest BCUT2D eigenvalue weighted by atomic mass is 10.1. The molecule has 0 unspecified atom stereocenters. The Bertz CT molecular complexity index is 907. The summed E-state index contributed by atoms with van der Waals surface area (Å²) in [4.78, 5) is 18.1. The first-order valence-electron chi connectivity index (χ1n) is 7.92. The van der Waals surface area contributed by atoms with Gasteiger partial charge in [0.15, 0.2) is 0 Å². The van der Waals surface area contributed by atoms with Gasteiger partial charge >= 0.3 is 6.36 Å². The van der Waals surface area contributed by atoms with E-state index in [1.165, 1.54) is 35.6 Å². The average Bonchev–Trinajstić information content (AvgIpc) is 3.13. The number of alkyl halides is 3. The number of furan rings is 1. The summed E-state index contributed by atoms with van der Waals surface area (Å²) in [6.07, 6.45) is -1.85. The van der Waals surface area contributed by atoms with Crippen molar-refractivity contribution in [1.29, 1.82) is 0 Å². The number of pyridine rings is 1. The number of halogens is 3. The van der Waals surface area contributed by atoms with Crippen LogP contribution < -0.4 is 4.74 Å². The van der Waals surface area contributed by atoms with Crippen molar-refractivity contribution >= 4 is 5.91 Å². The third-order valence-electron chi connectivity index (χ3n) is 3.69. The highest BCUT2D eigenvalue weighted by molar-refractivity contribution is 5.94. The molecule has 1 aromatic carbocycles. The lowest BCUT2D eigenvalue weighted by Crippen LogP contribution is -2.26. The summed E-state index contributed by atoms with van der Waals surface area (Å²) in [5, 5.41) is 0. The first kappa shape index (κ1) is 18.5. The van der Waals surface area contributed by atoms with Crippen molar-refractivity contribution in [3.8, 4) is 17.0 Å². The molecule has 0 aliphatic rings. The Morgan fingerprint density at radius 2 is 2.00 bits per heavy atom. The molecule has 0 spiro atoms. The standard InChI is InChI=1S/C19H15F3N2O3/c1-24(12-16-6-3-9-26-16)18(25)14-7-8-17(23-11-14)13-4-2-5-15(10-13)27-19(20,21)22/h2-11H,12H2,1H3. The maximum absolute atomic E-state index is 12.4. The SMILES string of the molecule is CN(Cc1ccco1)C(=O)c1ccc(-c2cccc(OC(F)(F)F)c2)nc1. The minimum atomic E-state index is -4.76. The molecule has 0 atom stereocenters. The Morgan fingerprint density at radius 3 is 2.63 bits per heavy atom. The van der Waals surface area contributed by atoms with Crippen LogP contribution in [0.2, 0.25) is 0 Å². The van der Waals surface area contributed by atoms with Crippen LogP contribution in [0.5, 0.6) is 5.75 Å². The van der Waals surface area contributed by atoms with Crippen molar-refractivity contribution in [1.82, 2.24) is 9.88 Å². The lowest BCUT2D eigenvalue weighted by molar-refractivity contribution is -0.274. The molecule has 3 rings (SSSR count).